The molecule has 0 aromatic heterocycles. The minimum absolute atomic E-state index is 0.0591. The van der Waals surface area contributed by atoms with Gasteiger partial charge in [-0.25, -0.2) is 0 Å². The summed E-state index contributed by atoms with van der Waals surface area (Å²) in [7, 11) is 0. The third-order valence-electron chi connectivity index (χ3n) is 4.49. The molecule has 140 valence electrons. The largest absolute Gasteiger partial charge is 0.326 e. The molecule has 2 aromatic carbocycles. The van der Waals surface area contributed by atoms with Crippen molar-refractivity contribution in [2.75, 3.05) is 5.32 Å². The standard InChI is InChI=1S/C21H23N3O2S/c1-13-8-7-9-14(2)19(13)23-18(25)12-17-20(26)24-21(27-17)22-15(3)16-10-5-4-6-11-16/h4-11,15,17H,12H2,1-3H3,(H,23,25)(H,22,24,26)/t15-,17+/m1/s1. The number of hydrogen-bond acceptors (Lipinski definition) is 4. The predicted molar refractivity (Wildman–Crippen MR) is 111 cm³/mol. The fourth-order valence-electron chi connectivity index (χ4n) is 2.95. The second kappa shape index (κ2) is 8.39. The lowest BCUT2D eigenvalue weighted by Crippen LogP contribution is -2.28. The molecule has 0 aliphatic carbocycles. The van der Waals surface area contributed by atoms with Crippen LogP contribution in [0.1, 0.15) is 36.1 Å². The maximum Gasteiger partial charge on any atom is 0.240 e. The third-order valence-corrected chi connectivity index (χ3v) is 5.58. The van der Waals surface area contributed by atoms with Crippen LogP contribution >= 0.6 is 11.8 Å². The van der Waals surface area contributed by atoms with E-state index < -0.39 is 5.25 Å². The number of amides is 2. The Morgan fingerprint density at radius 3 is 2.48 bits per heavy atom. The Morgan fingerprint density at radius 2 is 1.81 bits per heavy atom. The van der Waals surface area contributed by atoms with Gasteiger partial charge in [0.2, 0.25) is 11.8 Å². The van der Waals surface area contributed by atoms with E-state index in [9.17, 15) is 9.59 Å². The van der Waals surface area contributed by atoms with Crippen molar-refractivity contribution in [2.24, 2.45) is 4.99 Å². The number of hydrogen-bond donors (Lipinski definition) is 2. The van der Waals surface area contributed by atoms with E-state index in [1.54, 1.807) is 0 Å². The molecule has 6 heteroatoms. The molecule has 27 heavy (non-hydrogen) atoms. The molecule has 2 amide bonds. The van der Waals surface area contributed by atoms with Gasteiger partial charge in [-0.1, -0.05) is 60.3 Å². The molecule has 1 aliphatic rings. The van der Waals surface area contributed by atoms with Crippen LogP contribution in [-0.2, 0) is 9.59 Å². The fraction of sp³-hybridized carbons (Fsp3) is 0.286. The predicted octanol–water partition coefficient (Wildman–Crippen LogP) is 3.98. The van der Waals surface area contributed by atoms with Crippen LogP contribution in [0.25, 0.3) is 0 Å². The molecule has 2 atom stereocenters. The summed E-state index contributed by atoms with van der Waals surface area (Å²) >= 11 is 1.32. The second-order valence-electron chi connectivity index (χ2n) is 6.64. The smallest absolute Gasteiger partial charge is 0.240 e. The highest BCUT2D eigenvalue weighted by Crippen LogP contribution is 2.27. The van der Waals surface area contributed by atoms with E-state index in [2.05, 4.69) is 15.6 Å². The van der Waals surface area contributed by atoms with Crippen molar-refractivity contribution >= 4 is 34.4 Å². The van der Waals surface area contributed by atoms with Crippen LogP contribution in [-0.4, -0.2) is 22.2 Å². The van der Waals surface area contributed by atoms with Crippen LogP contribution in [0.15, 0.2) is 53.5 Å². The van der Waals surface area contributed by atoms with Gasteiger partial charge in [-0.05, 0) is 37.5 Å². The van der Waals surface area contributed by atoms with E-state index in [0.717, 1.165) is 22.4 Å². The van der Waals surface area contributed by atoms with Gasteiger partial charge in [0.05, 0.1) is 6.04 Å². The van der Waals surface area contributed by atoms with Crippen LogP contribution in [0.2, 0.25) is 0 Å². The van der Waals surface area contributed by atoms with E-state index in [1.807, 2.05) is 69.3 Å². The summed E-state index contributed by atoms with van der Waals surface area (Å²) in [5, 5.41) is 5.83. The monoisotopic (exact) mass is 381 g/mol. The average Bonchev–Trinajstić information content (AvgIpc) is 2.98. The maximum atomic E-state index is 12.4. The highest BCUT2D eigenvalue weighted by molar-refractivity contribution is 8.15. The Balaban J connectivity index is 1.62. The number of rotatable bonds is 5. The number of nitrogens with one attached hydrogen (secondary N) is 2. The summed E-state index contributed by atoms with van der Waals surface area (Å²) in [5.41, 5.74) is 3.91. The Morgan fingerprint density at radius 1 is 1.15 bits per heavy atom. The van der Waals surface area contributed by atoms with Gasteiger partial charge in [-0.15, -0.1) is 0 Å². The SMILES string of the molecule is Cc1cccc(C)c1NC(=O)C[C@@H]1SC(=N[C@H](C)c2ccccc2)NC1=O. The lowest BCUT2D eigenvalue weighted by Gasteiger charge is -2.12. The van der Waals surface area contributed by atoms with Crippen LogP contribution in [0.5, 0.6) is 0 Å². The van der Waals surface area contributed by atoms with Crippen molar-refractivity contribution in [3.63, 3.8) is 0 Å². The number of anilines is 1. The molecule has 0 radical (unpaired) electrons. The van der Waals surface area contributed by atoms with Crippen LogP contribution in [0.3, 0.4) is 0 Å². The molecule has 1 aliphatic heterocycles. The van der Waals surface area contributed by atoms with Crippen molar-refractivity contribution in [3.05, 3.63) is 65.2 Å². The number of carbonyl (C=O) groups excluding carboxylic acids is 2. The minimum Gasteiger partial charge on any atom is -0.326 e. The maximum absolute atomic E-state index is 12.4. The third kappa shape index (κ3) is 4.77. The van der Waals surface area contributed by atoms with Gasteiger partial charge in [0, 0.05) is 12.1 Å². The molecule has 3 rings (SSSR count). The second-order valence-corrected chi connectivity index (χ2v) is 7.83. The number of aryl methyl sites for hydroxylation is 2. The van der Waals surface area contributed by atoms with Gasteiger partial charge >= 0.3 is 0 Å². The molecule has 1 saturated heterocycles. The van der Waals surface area contributed by atoms with E-state index in [-0.39, 0.29) is 24.3 Å². The molecule has 2 aromatic rings. The van der Waals surface area contributed by atoms with Crippen molar-refractivity contribution < 1.29 is 9.59 Å². The van der Waals surface area contributed by atoms with Gasteiger partial charge in [-0.2, -0.15) is 0 Å². The molecule has 1 fully saturated rings. The topological polar surface area (TPSA) is 70.6 Å². The van der Waals surface area contributed by atoms with Crippen LogP contribution in [0.4, 0.5) is 5.69 Å². The zero-order valence-corrected chi connectivity index (χ0v) is 16.5. The highest BCUT2D eigenvalue weighted by atomic mass is 32.2. The summed E-state index contributed by atoms with van der Waals surface area (Å²) in [4.78, 5) is 29.2. The molecule has 0 bridgehead atoms. The summed E-state index contributed by atoms with van der Waals surface area (Å²) in [6.45, 7) is 5.89. The number of benzene rings is 2. The Kier molecular flexibility index (Phi) is 5.96. The molecule has 1 heterocycles. The zero-order valence-electron chi connectivity index (χ0n) is 15.7. The normalized spacial score (nSPS) is 19.0. The highest BCUT2D eigenvalue weighted by Gasteiger charge is 2.32. The van der Waals surface area contributed by atoms with Crippen molar-refractivity contribution in [3.8, 4) is 0 Å². The van der Waals surface area contributed by atoms with E-state index in [4.69, 9.17) is 0 Å². The van der Waals surface area contributed by atoms with E-state index in [0.29, 0.717) is 5.17 Å². The first-order valence-electron chi connectivity index (χ1n) is 8.90. The van der Waals surface area contributed by atoms with Crippen molar-refractivity contribution in [1.29, 1.82) is 0 Å². The Labute approximate surface area is 163 Å². The van der Waals surface area contributed by atoms with Gasteiger partial charge in [0.25, 0.3) is 0 Å². The number of amidine groups is 1. The molecule has 5 nitrogen and oxygen atoms in total. The van der Waals surface area contributed by atoms with Gasteiger partial charge in [-0.3, -0.25) is 14.6 Å². The fourth-order valence-corrected chi connectivity index (χ4v) is 4.00. The van der Waals surface area contributed by atoms with Crippen LogP contribution in [0, 0.1) is 13.8 Å². The lowest BCUT2D eigenvalue weighted by molar-refractivity contribution is -0.122. The zero-order chi connectivity index (χ0) is 19.4. The Bertz CT molecular complexity index is 860. The van der Waals surface area contributed by atoms with Gasteiger partial charge < -0.3 is 10.6 Å². The number of aliphatic imine (C=N–C) groups is 1. The number of para-hydroxylation sites is 1. The average molecular weight is 382 g/mol. The molecule has 0 unspecified atom stereocenters. The number of nitrogens with zero attached hydrogens (tertiary/aromatic N) is 1. The van der Waals surface area contributed by atoms with Crippen molar-refractivity contribution in [1.82, 2.24) is 5.32 Å². The number of carbonyl (C=O) groups is 2. The molecular formula is C21H23N3O2S. The quantitative estimate of drug-likeness (QED) is 0.823. The molecule has 0 spiro atoms. The van der Waals surface area contributed by atoms with Crippen molar-refractivity contribution in [2.45, 2.75) is 38.5 Å². The van der Waals surface area contributed by atoms with Gasteiger partial charge in [0.15, 0.2) is 5.17 Å². The molecular weight excluding hydrogens is 358 g/mol. The summed E-state index contributed by atoms with van der Waals surface area (Å²) in [6.07, 6.45) is 0.114. The summed E-state index contributed by atoms with van der Waals surface area (Å²) < 4.78 is 0. The number of thioether (sulfide) groups is 1. The van der Waals surface area contributed by atoms with E-state index >= 15 is 0 Å². The summed E-state index contributed by atoms with van der Waals surface area (Å²) in [5.74, 6) is -0.340. The first kappa shape index (κ1) is 19.2. The molecule has 0 saturated carbocycles. The lowest BCUT2D eigenvalue weighted by atomic mass is 10.1. The van der Waals surface area contributed by atoms with Gasteiger partial charge in [0.1, 0.15) is 5.25 Å². The first-order valence-corrected chi connectivity index (χ1v) is 9.78. The first-order chi connectivity index (χ1) is 12.9. The van der Waals surface area contributed by atoms with E-state index in [1.165, 1.54) is 11.8 Å². The minimum atomic E-state index is -0.462. The van der Waals surface area contributed by atoms with Crippen LogP contribution < -0.4 is 10.6 Å². The Hall–Kier alpha value is -2.60. The molecule has 2 N–H and O–H groups in total. The summed E-state index contributed by atoms with van der Waals surface area (Å²) in [6, 6.07) is 15.7.